The van der Waals surface area contributed by atoms with Crippen molar-refractivity contribution in [3.63, 3.8) is 0 Å². The van der Waals surface area contributed by atoms with Crippen molar-refractivity contribution >= 4 is 27.7 Å². The van der Waals surface area contributed by atoms with Crippen LogP contribution < -0.4 is 0 Å². The minimum atomic E-state index is -0.266. The number of ether oxygens (including phenoxy) is 1. The highest BCUT2D eigenvalue weighted by molar-refractivity contribution is 9.09. The number of fused-ring (bicyclic) bond motifs is 1. The van der Waals surface area contributed by atoms with Crippen LogP contribution in [0.3, 0.4) is 0 Å². The smallest absolute Gasteiger partial charge is 0.333 e. The van der Waals surface area contributed by atoms with Gasteiger partial charge in [-0.25, -0.2) is 4.79 Å². The average molecular weight is 383 g/mol. The SMILES string of the molecule is C=C(C(=O)OCCCCBr)[C@@H]1CC[C@H](C)[C@@H]2CC(=O)C(C)=C2C1. The third-order valence-electron chi connectivity index (χ3n) is 5.39. The fourth-order valence-corrected chi connectivity index (χ4v) is 4.13. The Bertz CT molecular complexity index is 521. The van der Waals surface area contributed by atoms with E-state index >= 15 is 0 Å². The number of halogens is 1. The van der Waals surface area contributed by atoms with Crippen LogP contribution in [0.15, 0.2) is 23.3 Å². The van der Waals surface area contributed by atoms with Crippen LogP contribution in [0, 0.1) is 17.8 Å². The van der Waals surface area contributed by atoms with Gasteiger partial charge < -0.3 is 4.74 Å². The van der Waals surface area contributed by atoms with Gasteiger partial charge in [0.25, 0.3) is 0 Å². The van der Waals surface area contributed by atoms with E-state index < -0.39 is 0 Å². The van der Waals surface area contributed by atoms with Gasteiger partial charge in [0.15, 0.2) is 5.78 Å². The Labute approximate surface area is 147 Å². The summed E-state index contributed by atoms with van der Waals surface area (Å²) in [4.78, 5) is 24.3. The number of ketones is 1. The summed E-state index contributed by atoms with van der Waals surface area (Å²) in [5, 5.41) is 0.925. The molecule has 0 saturated heterocycles. The van der Waals surface area contributed by atoms with Gasteiger partial charge in [-0.05, 0) is 62.4 Å². The van der Waals surface area contributed by atoms with Crippen molar-refractivity contribution in [3.8, 4) is 0 Å². The van der Waals surface area contributed by atoms with Crippen LogP contribution in [0.4, 0.5) is 0 Å². The molecular weight excluding hydrogens is 356 g/mol. The molecule has 1 fully saturated rings. The zero-order chi connectivity index (χ0) is 17.0. The van der Waals surface area contributed by atoms with Gasteiger partial charge in [0, 0.05) is 17.3 Å². The van der Waals surface area contributed by atoms with Crippen molar-refractivity contribution in [3.05, 3.63) is 23.3 Å². The summed E-state index contributed by atoms with van der Waals surface area (Å²) < 4.78 is 5.34. The van der Waals surface area contributed by atoms with E-state index in [9.17, 15) is 9.59 Å². The van der Waals surface area contributed by atoms with Crippen LogP contribution in [0.2, 0.25) is 0 Å². The van der Waals surface area contributed by atoms with Crippen molar-refractivity contribution in [2.75, 3.05) is 11.9 Å². The molecule has 2 rings (SSSR count). The molecule has 1 saturated carbocycles. The quantitative estimate of drug-likeness (QED) is 0.291. The van der Waals surface area contributed by atoms with Gasteiger partial charge in [0.05, 0.1) is 6.61 Å². The van der Waals surface area contributed by atoms with Gasteiger partial charge >= 0.3 is 5.97 Å². The molecule has 0 aromatic carbocycles. The predicted octanol–water partition coefficient (Wildman–Crippen LogP) is 4.60. The van der Waals surface area contributed by atoms with E-state index in [1.807, 2.05) is 6.92 Å². The van der Waals surface area contributed by atoms with E-state index in [4.69, 9.17) is 4.74 Å². The Kier molecular flexibility index (Phi) is 6.63. The maximum atomic E-state index is 12.2. The number of Topliss-reactive ketones (excluding diaryl/α,β-unsaturated/α-hetero) is 1. The lowest BCUT2D eigenvalue weighted by atomic mass is 9.86. The number of alkyl halides is 1. The minimum absolute atomic E-state index is 0.113. The predicted molar refractivity (Wildman–Crippen MR) is 95.4 cm³/mol. The van der Waals surface area contributed by atoms with Gasteiger partial charge in [-0.3, -0.25) is 4.79 Å². The van der Waals surface area contributed by atoms with Gasteiger partial charge in [0.1, 0.15) is 0 Å². The molecule has 0 bridgehead atoms. The van der Waals surface area contributed by atoms with Crippen LogP contribution in [0.5, 0.6) is 0 Å². The van der Waals surface area contributed by atoms with E-state index in [0.29, 0.717) is 30.4 Å². The summed E-state index contributed by atoms with van der Waals surface area (Å²) in [5.74, 6) is 0.995. The number of carbonyl (C=O) groups is 2. The molecule has 0 N–H and O–H groups in total. The maximum Gasteiger partial charge on any atom is 0.333 e. The molecule has 2 aliphatic rings. The van der Waals surface area contributed by atoms with Crippen LogP contribution in [0.1, 0.15) is 52.4 Å². The monoisotopic (exact) mass is 382 g/mol. The lowest BCUT2D eigenvalue weighted by Gasteiger charge is -2.19. The number of allylic oxidation sites excluding steroid dienone is 2. The normalized spacial score (nSPS) is 27.6. The van der Waals surface area contributed by atoms with E-state index in [2.05, 4.69) is 29.4 Å². The highest BCUT2D eigenvalue weighted by Crippen LogP contribution is 2.45. The number of hydrogen-bond acceptors (Lipinski definition) is 3. The van der Waals surface area contributed by atoms with Crippen LogP contribution in [0.25, 0.3) is 0 Å². The van der Waals surface area contributed by atoms with Gasteiger partial charge in [-0.15, -0.1) is 0 Å². The zero-order valence-electron chi connectivity index (χ0n) is 14.2. The van der Waals surface area contributed by atoms with Crippen molar-refractivity contribution < 1.29 is 14.3 Å². The van der Waals surface area contributed by atoms with Crippen LogP contribution in [-0.4, -0.2) is 23.7 Å². The number of hydrogen-bond donors (Lipinski definition) is 0. The number of carbonyl (C=O) groups excluding carboxylic acids is 2. The number of unbranched alkanes of at least 4 members (excludes halogenated alkanes) is 1. The van der Waals surface area contributed by atoms with Gasteiger partial charge in [-0.1, -0.05) is 35.0 Å². The lowest BCUT2D eigenvalue weighted by molar-refractivity contribution is -0.139. The van der Waals surface area contributed by atoms with E-state index in [1.54, 1.807) is 0 Å². The summed E-state index contributed by atoms with van der Waals surface area (Å²) in [5.41, 5.74) is 2.77. The van der Waals surface area contributed by atoms with Crippen molar-refractivity contribution in [2.45, 2.75) is 52.4 Å². The first-order chi connectivity index (χ1) is 11.0. The lowest BCUT2D eigenvalue weighted by Crippen LogP contribution is -2.16. The second-order valence-corrected chi connectivity index (χ2v) is 7.69. The summed E-state index contributed by atoms with van der Waals surface area (Å²) in [6.45, 7) is 8.63. The molecule has 0 amide bonds. The second kappa shape index (κ2) is 8.27. The van der Waals surface area contributed by atoms with Gasteiger partial charge in [-0.2, -0.15) is 0 Å². The second-order valence-electron chi connectivity index (χ2n) is 6.90. The molecule has 0 spiro atoms. The molecule has 128 valence electrons. The third-order valence-corrected chi connectivity index (χ3v) is 5.95. The van der Waals surface area contributed by atoms with Crippen LogP contribution >= 0.6 is 15.9 Å². The largest absolute Gasteiger partial charge is 0.462 e. The first kappa shape index (κ1) is 18.4. The molecular formula is C19H27BrO3. The van der Waals surface area contributed by atoms with Crippen LogP contribution in [-0.2, 0) is 14.3 Å². The van der Waals surface area contributed by atoms with Crippen molar-refractivity contribution in [2.24, 2.45) is 17.8 Å². The van der Waals surface area contributed by atoms with Crippen molar-refractivity contribution in [1.82, 2.24) is 0 Å². The summed E-state index contributed by atoms with van der Waals surface area (Å²) in [7, 11) is 0. The standard InChI is InChI=1S/C19H27BrO3/c1-12-6-7-15(10-17-14(3)18(21)11-16(12)17)13(2)19(22)23-9-5-4-8-20/h12,15-16H,2,4-11H2,1,3H3/t12-,15+,16-/m0/s1. The molecule has 0 heterocycles. The number of esters is 1. The summed E-state index contributed by atoms with van der Waals surface area (Å²) >= 11 is 3.37. The molecule has 0 unspecified atom stereocenters. The fourth-order valence-electron chi connectivity index (χ4n) is 3.73. The molecule has 0 aromatic rings. The Morgan fingerprint density at radius 1 is 1.30 bits per heavy atom. The molecule has 23 heavy (non-hydrogen) atoms. The highest BCUT2D eigenvalue weighted by Gasteiger charge is 2.38. The van der Waals surface area contributed by atoms with Crippen molar-refractivity contribution in [1.29, 1.82) is 0 Å². The van der Waals surface area contributed by atoms with E-state index in [0.717, 1.165) is 43.0 Å². The molecule has 2 aliphatic carbocycles. The minimum Gasteiger partial charge on any atom is -0.462 e. The molecule has 0 radical (unpaired) electrons. The summed E-state index contributed by atoms with van der Waals surface area (Å²) in [6.07, 6.45) is 5.30. The Morgan fingerprint density at radius 2 is 2.04 bits per heavy atom. The number of rotatable bonds is 6. The molecule has 4 heteroatoms. The Morgan fingerprint density at radius 3 is 2.74 bits per heavy atom. The van der Waals surface area contributed by atoms with E-state index in [1.165, 1.54) is 5.57 Å². The van der Waals surface area contributed by atoms with E-state index in [-0.39, 0.29) is 17.7 Å². The molecule has 3 nitrogen and oxygen atoms in total. The Balaban J connectivity index is 2.01. The molecule has 0 aromatic heterocycles. The first-order valence-electron chi connectivity index (χ1n) is 8.60. The fraction of sp³-hybridized carbons (Fsp3) is 0.684. The molecule has 0 aliphatic heterocycles. The first-order valence-corrected chi connectivity index (χ1v) is 9.72. The maximum absolute atomic E-state index is 12.2. The third kappa shape index (κ3) is 4.34. The Hall–Kier alpha value is -0.900. The summed E-state index contributed by atoms with van der Waals surface area (Å²) in [6, 6.07) is 0. The zero-order valence-corrected chi connectivity index (χ0v) is 15.8. The topological polar surface area (TPSA) is 43.4 Å². The van der Waals surface area contributed by atoms with Gasteiger partial charge in [0.2, 0.25) is 0 Å². The average Bonchev–Trinajstić information content (AvgIpc) is 2.71. The molecule has 3 atom stereocenters. The highest BCUT2D eigenvalue weighted by atomic mass is 79.9.